The summed E-state index contributed by atoms with van der Waals surface area (Å²) in [6.07, 6.45) is 3.30. The van der Waals surface area contributed by atoms with Crippen LogP contribution in [0.2, 0.25) is 0 Å². The molecule has 0 N–H and O–H groups in total. The number of ether oxygens (including phenoxy) is 1. The van der Waals surface area contributed by atoms with E-state index in [0.717, 1.165) is 34.1 Å². The third kappa shape index (κ3) is 4.20. The van der Waals surface area contributed by atoms with E-state index in [1.54, 1.807) is 29.8 Å². The van der Waals surface area contributed by atoms with Crippen molar-refractivity contribution in [3.8, 4) is 0 Å². The highest BCUT2D eigenvalue weighted by molar-refractivity contribution is 7.17. The van der Waals surface area contributed by atoms with Gasteiger partial charge in [0.2, 0.25) is 0 Å². The fourth-order valence-electron chi connectivity index (χ4n) is 3.16. The van der Waals surface area contributed by atoms with E-state index in [4.69, 9.17) is 4.74 Å². The third-order valence-electron chi connectivity index (χ3n) is 4.62. The van der Waals surface area contributed by atoms with Gasteiger partial charge in [-0.05, 0) is 51.0 Å². The van der Waals surface area contributed by atoms with E-state index in [0.29, 0.717) is 25.3 Å². The average molecular weight is 389 g/mol. The van der Waals surface area contributed by atoms with Crippen molar-refractivity contribution < 1.29 is 9.13 Å². The minimum Gasteiger partial charge on any atom is -0.385 e. The van der Waals surface area contributed by atoms with Gasteiger partial charge in [0, 0.05) is 49.3 Å². The Bertz CT molecular complexity index is 966. The van der Waals surface area contributed by atoms with E-state index in [9.17, 15) is 9.18 Å². The van der Waals surface area contributed by atoms with Gasteiger partial charge in [-0.25, -0.2) is 9.37 Å². The van der Waals surface area contributed by atoms with Crippen LogP contribution in [-0.2, 0) is 17.7 Å². The first-order chi connectivity index (χ1) is 13.0. The number of halogens is 1. The highest BCUT2D eigenvalue weighted by Gasteiger charge is 2.16. The van der Waals surface area contributed by atoms with Crippen molar-refractivity contribution in [3.05, 3.63) is 62.8 Å². The minimum absolute atomic E-state index is 0.0303. The highest BCUT2D eigenvalue weighted by atomic mass is 32.1. The second-order valence-electron chi connectivity index (χ2n) is 6.40. The van der Waals surface area contributed by atoms with Gasteiger partial charge in [-0.15, -0.1) is 11.3 Å². The first-order valence-electron chi connectivity index (χ1n) is 9.03. The Kier molecular flexibility index (Phi) is 6.23. The third-order valence-corrected chi connectivity index (χ3v) is 5.63. The van der Waals surface area contributed by atoms with Crippen LogP contribution in [0, 0.1) is 12.7 Å². The van der Waals surface area contributed by atoms with E-state index in [-0.39, 0.29) is 11.4 Å². The largest absolute Gasteiger partial charge is 0.385 e. The molecule has 3 aromatic rings. The molecule has 7 heteroatoms. The number of aryl methyl sites for hydroxylation is 2. The Balaban J connectivity index is 1.94. The number of thiazole rings is 1. The van der Waals surface area contributed by atoms with Gasteiger partial charge in [-0.1, -0.05) is 0 Å². The maximum absolute atomic E-state index is 13.2. The molecule has 0 unspecified atom stereocenters. The van der Waals surface area contributed by atoms with Crippen LogP contribution in [0.25, 0.3) is 4.96 Å². The minimum atomic E-state index is -0.271. The van der Waals surface area contributed by atoms with Crippen molar-refractivity contribution in [2.75, 3.05) is 25.2 Å². The first-order valence-corrected chi connectivity index (χ1v) is 9.85. The maximum Gasteiger partial charge on any atom is 0.263 e. The average Bonchev–Trinajstić information content (AvgIpc) is 2.99. The summed E-state index contributed by atoms with van der Waals surface area (Å²) in [6.45, 7) is 5.84. The number of aromatic nitrogens is 2. The second-order valence-corrected chi connectivity index (χ2v) is 7.58. The molecule has 0 bridgehead atoms. The standard InChI is InChI=1S/C20H24FN3O2S/c1-4-23(17-9-7-16(21)8-10-17)13-15-12-22-20-24(19(15)25)18(14(2)27-20)6-5-11-26-3/h7-10,12H,4-6,11,13H2,1-3H3. The summed E-state index contributed by atoms with van der Waals surface area (Å²) in [7, 11) is 1.68. The number of rotatable bonds is 8. The maximum atomic E-state index is 13.2. The van der Waals surface area contributed by atoms with Crippen LogP contribution in [-0.4, -0.2) is 29.6 Å². The molecule has 0 fully saturated rings. The lowest BCUT2D eigenvalue weighted by Crippen LogP contribution is -2.29. The first kappa shape index (κ1) is 19.5. The SMILES string of the molecule is CCN(Cc1cnc2sc(C)c(CCCOC)n2c1=O)c1ccc(F)cc1. The van der Waals surface area contributed by atoms with Gasteiger partial charge in [0.15, 0.2) is 4.96 Å². The Morgan fingerprint density at radius 1 is 1.30 bits per heavy atom. The predicted octanol–water partition coefficient (Wildman–Crippen LogP) is 3.81. The van der Waals surface area contributed by atoms with E-state index < -0.39 is 0 Å². The molecule has 0 saturated carbocycles. The number of fused-ring (bicyclic) bond motifs is 1. The van der Waals surface area contributed by atoms with E-state index in [1.807, 2.05) is 18.7 Å². The van der Waals surface area contributed by atoms with E-state index in [1.165, 1.54) is 23.5 Å². The van der Waals surface area contributed by atoms with Gasteiger partial charge in [0.25, 0.3) is 5.56 Å². The molecule has 1 aromatic carbocycles. The molecule has 0 atom stereocenters. The van der Waals surface area contributed by atoms with Gasteiger partial charge >= 0.3 is 0 Å². The molecule has 0 radical (unpaired) electrons. The van der Waals surface area contributed by atoms with Gasteiger partial charge in [0.1, 0.15) is 5.82 Å². The topological polar surface area (TPSA) is 46.8 Å². The van der Waals surface area contributed by atoms with Gasteiger partial charge in [-0.3, -0.25) is 9.20 Å². The number of hydrogen-bond donors (Lipinski definition) is 0. The van der Waals surface area contributed by atoms with E-state index >= 15 is 0 Å². The van der Waals surface area contributed by atoms with Crippen molar-refractivity contribution >= 4 is 22.0 Å². The van der Waals surface area contributed by atoms with Crippen molar-refractivity contribution in [2.45, 2.75) is 33.2 Å². The van der Waals surface area contributed by atoms with Gasteiger partial charge < -0.3 is 9.64 Å². The van der Waals surface area contributed by atoms with E-state index in [2.05, 4.69) is 4.98 Å². The fraction of sp³-hybridized carbons (Fsp3) is 0.400. The molecule has 0 aliphatic heterocycles. The lowest BCUT2D eigenvalue weighted by molar-refractivity contribution is 0.195. The Morgan fingerprint density at radius 2 is 2.04 bits per heavy atom. The molecule has 144 valence electrons. The zero-order chi connectivity index (χ0) is 19.4. The van der Waals surface area contributed by atoms with Crippen LogP contribution in [0.3, 0.4) is 0 Å². The molecule has 0 spiro atoms. The molecule has 2 heterocycles. The lowest BCUT2D eigenvalue weighted by Gasteiger charge is -2.22. The number of methoxy groups -OCH3 is 1. The molecule has 0 amide bonds. The molecule has 3 rings (SSSR count). The molecule has 0 saturated heterocycles. The van der Waals surface area contributed by atoms with Gasteiger partial charge in [0.05, 0.1) is 5.56 Å². The van der Waals surface area contributed by atoms with Crippen molar-refractivity contribution in [3.63, 3.8) is 0 Å². The molecule has 0 aliphatic carbocycles. The van der Waals surface area contributed by atoms with Crippen molar-refractivity contribution in [2.24, 2.45) is 0 Å². The zero-order valence-corrected chi connectivity index (χ0v) is 16.7. The molecule has 5 nitrogen and oxygen atoms in total. The summed E-state index contributed by atoms with van der Waals surface area (Å²) < 4.78 is 20.1. The quantitative estimate of drug-likeness (QED) is 0.550. The fourth-order valence-corrected chi connectivity index (χ4v) is 4.14. The molecule has 0 aliphatic rings. The van der Waals surface area contributed by atoms with Crippen LogP contribution in [0.1, 0.15) is 29.5 Å². The normalized spacial score (nSPS) is 11.3. The molecule has 27 heavy (non-hydrogen) atoms. The Morgan fingerprint density at radius 3 is 2.70 bits per heavy atom. The summed E-state index contributed by atoms with van der Waals surface area (Å²) in [5.74, 6) is -0.271. The van der Waals surface area contributed by atoms with Crippen molar-refractivity contribution in [1.29, 1.82) is 0 Å². The molecule has 2 aromatic heterocycles. The summed E-state index contributed by atoms with van der Waals surface area (Å²) in [5.41, 5.74) is 2.49. The molecular weight excluding hydrogens is 365 g/mol. The van der Waals surface area contributed by atoms with Crippen LogP contribution >= 0.6 is 11.3 Å². The lowest BCUT2D eigenvalue weighted by atomic mass is 10.2. The van der Waals surface area contributed by atoms with Gasteiger partial charge in [-0.2, -0.15) is 0 Å². The smallest absolute Gasteiger partial charge is 0.263 e. The number of hydrogen-bond acceptors (Lipinski definition) is 5. The number of benzene rings is 1. The summed E-state index contributed by atoms with van der Waals surface area (Å²) >= 11 is 1.54. The summed E-state index contributed by atoms with van der Waals surface area (Å²) in [4.78, 5) is 21.5. The number of anilines is 1. The van der Waals surface area contributed by atoms with Crippen LogP contribution < -0.4 is 10.5 Å². The molecular formula is C20H24FN3O2S. The highest BCUT2D eigenvalue weighted by Crippen LogP contribution is 2.22. The monoisotopic (exact) mass is 389 g/mol. The van der Waals surface area contributed by atoms with Crippen LogP contribution in [0.4, 0.5) is 10.1 Å². The predicted molar refractivity (Wildman–Crippen MR) is 107 cm³/mol. The van der Waals surface area contributed by atoms with Crippen LogP contribution in [0.15, 0.2) is 35.3 Å². The van der Waals surface area contributed by atoms with Crippen molar-refractivity contribution in [1.82, 2.24) is 9.38 Å². The second kappa shape index (κ2) is 8.63. The van der Waals surface area contributed by atoms with Crippen LogP contribution in [0.5, 0.6) is 0 Å². The Hall–Kier alpha value is -2.25. The zero-order valence-electron chi connectivity index (χ0n) is 15.9. The Labute approximate surface area is 162 Å². The number of nitrogens with zero attached hydrogens (tertiary/aromatic N) is 3. The summed E-state index contributed by atoms with van der Waals surface area (Å²) in [6, 6.07) is 6.32. The summed E-state index contributed by atoms with van der Waals surface area (Å²) in [5, 5.41) is 0.